The van der Waals surface area contributed by atoms with E-state index < -0.39 is 0 Å². The first kappa shape index (κ1) is 32.0. The van der Waals surface area contributed by atoms with Crippen LogP contribution in [0.5, 0.6) is 0 Å². The van der Waals surface area contributed by atoms with E-state index in [-0.39, 0.29) is 0 Å². The van der Waals surface area contributed by atoms with Gasteiger partial charge in [-0.2, -0.15) is 0 Å². The van der Waals surface area contributed by atoms with Crippen LogP contribution in [0.25, 0.3) is 99.5 Å². The van der Waals surface area contributed by atoms with Crippen LogP contribution in [0, 0.1) is 0 Å². The highest BCUT2D eigenvalue weighted by Crippen LogP contribution is 2.41. The number of hydrogen-bond acceptors (Lipinski definition) is 0. The lowest BCUT2D eigenvalue weighted by molar-refractivity contribution is 1.18. The number of hydrogen-bond donors (Lipinski definition) is 0. The summed E-state index contributed by atoms with van der Waals surface area (Å²) in [5.74, 6) is 0. The maximum Gasteiger partial charge on any atom is 0.0547 e. The minimum absolute atomic E-state index is 1.15. The average Bonchev–Trinajstić information content (AvgIpc) is 3.80. The number of para-hydroxylation sites is 2. The highest BCUT2D eigenvalue weighted by molar-refractivity contribution is 6.17. The van der Waals surface area contributed by atoms with E-state index in [1.165, 1.54) is 88.1 Å². The minimum atomic E-state index is 1.15. The molecule has 2 heterocycles. The third kappa shape index (κ3) is 5.26. The van der Waals surface area contributed by atoms with Crippen molar-refractivity contribution >= 4 is 43.6 Å². The van der Waals surface area contributed by atoms with Gasteiger partial charge in [-0.15, -0.1) is 0 Å². The standard InChI is InChI=1S/C54H36N2/c1-3-14-37(15-4-1)39-28-30-40(31-29-39)42-19-12-21-45(35-42)56-51-26-10-8-23-48(51)54-46(24-13-27-53(54)56)43-32-33-52-49(36-43)47-22-7-9-25-50(47)55(52)44-20-11-18-41(34-44)38-16-5-2-6-17-38/h1-36H. The van der Waals surface area contributed by atoms with E-state index in [0.717, 1.165) is 11.4 Å². The molecule has 0 unspecified atom stereocenters. The van der Waals surface area contributed by atoms with Crippen molar-refractivity contribution in [3.63, 3.8) is 0 Å². The fourth-order valence-electron chi connectivity index (χ4n) is 8.72. The van der Waals surface area contributed by atoms with E-state index in [4.69, 9.17) is 0 Å². The third-order valence-electron chi connectivity index (χ3n) is 11.3. The van der Waals surface area contributed by atoms with Crippen LogP contribution in [0.3, 0.4) is 0 Å². The lowest BCUT2D eigenvalue weighted by Gasteiger charge is -2.12. The van der Waals surface area contributed by atoms with Gasteiger partial charge in [-0.3, -0.25) is 0 Å². The van der Waals surface area contributed by atoms with Crippen molar-refractivity contribution in [1.82, 2.24) is 9.13 Å². The molecule has 0 fully saturated rings. The van der Waals surface area contributed by atoms with E-state index in [2.05, 4.69) is 228 Å². The van der Waals surface area contributed by atoms with Gasteiger partial charge in [-0.1, -0.05) is 164 Å². The smallest absolute Gasteiger partial charge is 0.0547 e. The SMILES string of the molecule is c1ccc(-c2ccc(-c3cccc(-n4c5ccccc5c5c(-c6ccc7c(c6)c6ccccc6n7-c6cccc(-c7ccccc7)c6)cccc54)c3)cc2)cc1. The second-order valence-corrected chi connectivity index (χ2v) is 14.5. The van der Waals surface area contributed by atoms with Crippen molar-refractivity contribution in [2.24, 2.45) is 0 Å². The molecule has 0 radical (unpaired) electrons. The highest BCUT2D eigenvalue weighted by atomic mass is 15.0. The van der Waals surface area contributed by atoms with Gasteiger partial charge in [0, 0.05) is 32.9 Å². The molecular weight excluding hydrogens is 677 g/mol. The molecule has 0 aliphatic rings. The molecule has 0 atom stereocenters. The monoisotopic (exact) mass is 712 g/mol. The topological polar surface area (TPSA) is 9.86 Å². The van der Waals surface area contributed by atoms with E-state index in [1.807, 2.05) is 0 Å². The third-order valence-corrected chi connectivity index (χ3v) is 11.3. The second-order valence-electron chi connectivity index (χ2n) is 14.5. The van der Waals surface area contributed by atoms with Crippen molar-refractivity contribution in [2.45, 2.75) is 0 Å². The molecular formula is C54H36N2. The van der Waals surface area contributed by atoms with Crippen molar-refractivity contribution in [2.75, 3.05) is 0 Å². The van der Waals surface area contributed by atoms with Crippen LogP contribution in [0.1, 0.15) is 0 Å². The fraction of sp³-hybridized carbons (Fsp3) is 0. The first-order valence-electron chi connectivity index (χ1n) is 19.3. The molecule has 0 saturated carbocycles. The molecule has 0 saturated heterocycles. The molecule has 2 heteroatoms. The van der Waals surface area contributed by atoms with Crippen molar-refractivity contribution in [3.8, 4) is 55.9 Å². The Morgan fingerprint density at radius 1 is 0.232 bits per heavy atom. The van der Waals surface area contributed by atoms with Gasteiger partial charge >= 0.3 is 0 Å². The summed E-state index contributed by atoms with van der Waals surface area (Å²) >= 11 is 0. The molecule has 2 aromatic heterocycles. The van der Waals surface area contributed by atoms with Crippen molar-refractivity contribution < 1.29 is 0 Å². The predicted molar refractivity (Wildman–Crippen MR) is 237 cm³/mol. The number of rotatable bonds is 6. The molecule has 0 aliphatic heterocycles. The Morgan fingerprint density at radius 3 is 1.32 bits per heavy atom. The van der Waals surface area contributed by atoms with Crippen LogP contribution < -0.4 is 0 Å². The normalized spacial score (nSPS) is 11.6. The Hall–Kier alpha value is -7.42. The number of fused-ring (bicyclic) bond motifs is 6. The highest BCUT2D eigenvalue weighted by Gasteiger charge is 2.19. The van der Waals surface area contributed by atoms with Gasteiger partial charge in [0.25, 0.3) is 0 Å². The summed E-state index contributed by atoms with van der Waals surface area (Å²) in [7, 11) is 0. The van der Waals surface area contributed by atoms with Gasteiger partial charge in [-0.25, -0.2) is 0 Å². The lowest BCUT2D eigenvalue weighted by atomic mass is 9.98. The quantitative estimate of drug-likeness (QED) is 0.162. The zero-order chi connectivity index (χ0) is 37.0. The van der Waals surface area contributed by atoms with Gasteiger partial charge in [0.15, 0.2) is 0 Å². The van der Waals surface area contributed by atoms with E-state index >= 15 is 0 Å². The lowest BCUT2D eigenvalue weighted by Crippen LogP contribution is -1.94. The molecule has 0 spiro atoms. The summed E-state index contributed by atoms with van der Waals surface area (Å²) < 4.78 is 4.84. The Kier molecular flexibility index (Phi) is 7.53. The van der Waals surface area contributed by atoms with Gasteiger partial charge < -0.3 is 9.13 Å². The summed E-state index contributed by atoms with van der Waals surface area (Å²) in [6, 6.07) is 79.3. The number of benzene rings is 9. The molecule has 11 rings (SSSR count). The number of nitrogens with zero attached hydrogens (tertiary/aromatic N) is 2. The molecule has 2 nitrogen and oxygen atoms in total. The van der Waals surface area contributed by atoms with Crippen LogP contribution in [0.2, 0.25) is 0 Å². The molecule has 0 aliphatic carbocycles. The second kappa shape index (κ2) is 13.2. The molecule has 9 aromatic carbocycles. The molecule has 0 amide bonds. The summed E-state index contributed by atoms with van der Waals surface area (Å²) in [6.45, 7) is 0. The molecule has 0 bridgehead atoms. The maximum absolute atomic E-state index is 2.43. The largest absolute Gasteiger partial charge is 0.309 e. The Balaban J connectivity index is 1.05. The van der Waals surface area contributed by atoms with Gasteiger partial charge in [0.1, 0.15) is 0 Å². The van der Waals surface area contributed by atoms with Gasteiger partial charge in [-0.05, 0) is 99.1 Å². The zero-order valence-corrected chi connectivity index (χ0v) is 30.7. The van der Waals surface area contributed by atoms with Crippen molar-refractivity contribution in [3.05, 3.63) is 218 Å². The molecule has 0 N–H and O–H groups in total. The Morgan fingerprint density at radius 2 is 0.661 bits per heavy atom. The average molecular weight is 713 g/mol. The fourth-order valence-corrected chi connectivity index (χ4v) is 8.72. The summed E-state index contributed by atoms with van der Waals surface area (Å²) in [6.07, 6.45) is 0. The summed E-state index contributed by atoms with van der Waals surface area (Å²) in [4.78, 5) is 0. The van der Waals surface area contributed by atoms with E-state index in [9.17, 15) is 0 Å². The Labute approximate surface area is 325 Å². The maximum atomic E-state index is 2.43. The number of aromatic nitrogens is 2. The summed E-state index contributed by atoms with van der Waals surface area (Å²) in [5, 5.41) is 5.00. The van der Waals surface area contributed by atoms with E-state index in [1.54, 1.807) is 0 Å². The Bertz CT molecular complexity index is 3220. The minimum Gasteiger partial charge on any atom is -0.309 e. The summed E-state index contributed by atoms with van der Waals surface area (Å²) in [5.41, 5.74) is 16.8. The van der Waals surface area contributed by atoms with Crippen LogP contribution in [0.4, 0.5) is 0 Å². The molecule has 262 valence electrons. The molecule has 11 aromatic rings. The first-order chi connectivity index (χ1) is 27.8. The van der Waals surface area contributed by atoms with Crippen molar-refractivity contribution in [1.29, 1.82) is 0 Å². The molecule has 56 heavy (non-hydrogen) atoms. The van der Waals surface area contributed by atoms with Gasteiger partial charge in [0.05, 0.1) is 22.1 Å². The zero-order valence-electron chi connectivity index (χ0n) is 30.7. The van der Waals surface area contributed by atoms with Crippen LogP contribution in [-0.4, -0.2) is 9.13 Å². The van der Waals surface area contributed by atoms with Crippen LogP contribution in [0.15, 0.2) is 218 Å². The van der Waals surface area contributed by atoms with Gasteiger partial charge in [0.2, 0.25) is 0 Å². The first-order valence-corrected chi connectivity index (χ1v) is 19.3. The predicted octanol–water partition coefficient (Wildman–Crippen LogP) is 14.5. The van der Waals surface area contributed by atoms with E-state index in [0.29, 0.717) is 0 Å². The van der Waals surface area contributed by atoms with Crippen LogP contribution >= 0.6 is 0 Å². The van der Waals surface area contributed by atoms with Crippen LogP contribution in [-0.2, 0) is 0 Å².